The highest BCUT2D eigenvalue weighted by molar-refractivity contribution is 7.92. The van der Waals surface area contributed by atoms with Gasteiger partial charge in [0.1, 0.15) is 6.54 Å². The molecule has 0 heterocycles. The first kappa shape index (κ1) is 23.3. The van der Waals surface area contributed by atoms with Gasteiger partial charge in [-0.1, -0.05) is 30.3 Å². The van der Waals surface area contributed by atoms with Gasteiger partial charge in [0.05, 0.1) is 31.7 Å². The Bertz CT molecular complexity index is 1330. The molecule has 1 N–H and O–H groups in total. The molecule has 170 valence electrons. The molecule has 0 saturated heterocycles. The van der Waals surface area contributed by atoms with Crippen LogP contribution >= 0.6 is 0 Å². The number of anilines is 2. The van der Waals surface area contributed by atoms with Gasteiger partial charge in [0, 0.05) is 18.2 Å². The van der Waals surface area contributed by atoms with E-state index in [2.05, 4.69) is 5.32 Å². The lowest BCUT2D eigenvalue weighted by Crippen LogP contribution is -2.38. The summed E-state index contributed by atoms with van der Waals surface area (Å²) in [7, 11) is -4.27. The van der Waals surface area contributed by atoms with Gasteiger partial charge in [0.2, 0.25) is 5.91 Å². The number of amides is 1. The van der Waals surface area contributed by atoms with Gasteiger partial charge in [-0.15, -0.1) is 0 Å². The largest absolute Gasteiger partial charge is 0.324 e. The number of carbonyl (C=O) groups excluding carboxylic acids is 1. The number of rotatable bonds is 8. The second kappa shape index (κ2) is 9.44. The number of hydrogen-bond acceptors (Lipinski definition) is 7. The monoisotopic (exact) mass is 470 g/mol. The first-order valence-corrected chi connectivity index (χ1v) is 10.9. The Labute approximate surface area is 188 Å². The fraction of sp³-hybridized carbons (Fsp3) is 0.0952. The molecule has 3 aromatic carbocycles. The van der Waals surface area contributed by atoms with E-state index < -0.39 is 32.3 Å². The molecule has 33 heavy (non-hydrogen) atoms. The summed E-state index contributed by atoms with van der Waals surface area (Å²) < 4.78 is 27.3. The van der Waals surface area contributed by atoms with Gasteiger partial charge in [-0.2, -0.15) is 0 Å². The van der Waals surface area contributed by atoms with Gasteiger partial charge in [0.25, 0.3) is 21.4 Å². The fourth-order valence-corrected chi connectivity index (χ4v) is 4.51. The number of nitrogens with one attached hydrogen (secondary N) is 1. The van der Waals surface area contributed by atoms with Crippen LogP contribution in [0.3, 0.4) is 0 Å². The Kier molecular flexibility index (Phi) is 6.68. The smallest absolute Gasteiger partial charge is 0.274 e. The minimum atomic E-state index is -4.27. The number of nitrogens with zero attached hydrogens (tertiary/aromatic N) is 3. The number of nitro benzene ring substituents is 2. The first-order valence-electron chi connectivity index (χ1n) is 9.47. The topological polar surface area (TPSA) is 153 Å². The molecule has 0 radical (unpaired) electrons. The van der Waals surface area contributed by atoms with Crippen LogP contribution in [-0.2, 0) is 14.8 Å². The number of benzene rings is 3. The summed E-state index contributed by atoms with van der Waals surface area (Å²) in [6, 6.07) is 16.3. The molecule has 11 nitrogen and oxygen atoms in total. The van der Waals surface area contributed by atoms with E-state index in [4.69, 9.17) is 0 Å². The Morgan fingerprint density at radius 2 is 1.61 bits per heavy atom. The van der Waals surface area contributed by atoms with Crippen molar-refractivity contribution in [3.05, 3.63) is 98.6 Å². The maximum atomic E-state index is 13.3. The molecule has 0 unspecified atom stereocenters. The Morgan fingerprint density at radius 3 is 2.24 bits per heavy atom. The number of hydrogen-bond donors (Lipinski definition) is 1. The van der Waals surface area contributed by atoms with E-state index in [0.717, 1.165) is 10.4 Å². The van der Waals surface area contributed by atoms with E-state index >= 15 is 0 Å². The zero-order chi connectivity index (χ0) is 24.2. The number of nitro groups is 2. The molecule has 1 amide bonds. The van der Waals surface area contributed by atoms with Crippen molar-refractivity contribution < 1.29 is 23.1 Å². The van der Waals surface area contributed by atoms with Crippen LogP contribution in [0, 0.1) is 27.2 Å². The summed E-state index contributed by atoms with van der Waals surface area (Å²) in [4.78, 5) is 33.8. The highest BCUT2D eigenvalue weighted by Gasteiger charge is 2.28. The maximum Gasteiger partial charge on any atom is 0.274 e. The molecular formula is C21H18N4O7S. The molecule has 0 fully saturated rings. The van der Waals surface area contributed by atoms with E-state index in [-0.39, 0.29) is 33.2 Å². The standard InChI is InChI=1S/C21H18N4O7S/c1-15-19(11-6-12-20(15)25(29)30)22-21(26)14-23(16-7-5-8-17(13-16)24(27)28)33(31,32)18-9-3-2-4-10-18/h2-13H,14H2,1H3,(H,22,26). The van der Waals surface area contributed by atoms with E-state index in [9.17, 15) is 33.4 Å². The summed E-state index contributed by atoms with van der Waals surface area (Å²) in [6.07, 6.45) is 0. The van der Waals surface area contributed by atoms with Crippen molar-refractivity contribution in [1.29, 1.82) is 0 Å². The van der Waals surface area contributed by atoms with Gasteiger partial charge in [0.15, 0.2) is 0 Å². The minimum absolute atomic E-state index is 0.0843. The van der Waals surface area contributed by atoms with Crippen molar-refractivity contribution in [3.8, 4) is 0 Å². The number of sulfonamides is 1. The van der Waals surface area contributed by atoms with Crippen molar-refractivity contribution in [2.24, 2.45) is 0 Å². The lowest BCUT2D eigenvalue weighted by atomic mass is 10.1. The Hall–Kier alpha value is -4.32. The zero-order valence-corrected chi connectivity index (χ0v) is 18.1. The summed E-state index contributed by atoms with van der Waals surface area (Å²) >= 11 is 0. The highest BCUT2D eigenvalue weighted by Crippen LogP contribution is 2.28. The molecule has 0 spiro atoms. The quantitative estimate of drug-likeness (QED) is 0.389. The normalized spacial score (nSPS) is 10.9. The molecule has 12 heteroatoms. The SMILES string of the molecule is Cc1c(NC(=O)CN(c2cccc([N+](=O)[O-])c2)S(=O)(=O)c2ccccc2)cccc1[N+](=O)[O-]. The van der Waals surface area contributed by atoms with Crippen LogP contribution in [0.1, 0.15) is 5.56 Å². The average Bonchev–Trinajstić information content (AvgIpc) is 2.79. The third-order valence-corrected chi connectivity index (χ3v) is 6.51. The number of non-ortho nitro benzene ring substituents is 1. The summed E-state index contributed by atoms with van der Waals surface area (Å²) in [5.74, 6) is -0.787. The van der Waals surface area contributed by atoms with Crippen LogP contribution < -0.4 is 9.62 Å². The number of carbonyl (C=O) groups is 1. The summed E-state index contributed by atoms with van der Waals surface area (Å²) in [5, 5.41) is 24.8. The molecule has 0 aliphatic rings. The molecule has 0 saturated carbocycles. The predicted molar refractivity (Wildman–Crippen MR) is 121 cm³/mol. The second-order valence-corrected chi connectivity index (χ2v) is 8.72. The summed E-state index contributed by atoms with van der Waals surface area (Å²) in [5.41, 5.74) is -0.302. The van der Waals surface area contributed by atoms with Gasteiger partial charge < -0.3 is 5.32 Å². The summed E-state index contributed by atoms with van der Waals surface area (Å²) in [6.45, 7) is 0.729. The molecular weight excluding hydrogens is 452 g/mol. The van der Waals surface area contributed by atoms with Crippen molar-refractivity contribution in [2.45, 2.75) is 11.8 Å². The van der Waals surface area contributed by atoms with E-state index in [1.807, 2.05) is 0 Å². The van der Waals surface area contributed by atoms with Gasteiger partial charge in [-0.05, 0) is 31.2 Å². The van der Waals surface area contributed by atoms with Crippen LogP contribution in [0.2, 0.25) is 0 Å². The molecule has 0 aromatic heterocycles. The Balaban J connectivity index is 2.00. The first-order chi connectivity index (χ1) is 15.6. The van der Waals surface area contributed by atoms with Crippen molar-refractivity contribution in [2.75, 3.05) is 16.2 Å². The molecule has 0 aliphatic heterocycles. The molecule has 0 bridgehead atoms. The molecule has 3 aromatic rings. The Morgan fingerprint density at radius 1 is 0.939 bits per heavy atom. The lowest BCUT2D eigenvalue weighted by Gasteiger charge is -2.24. The molecule has 0 aliphatic carbocycles. The van der Waals surface area contributed by atoms with E-state index in [0.29, 0.717) is 0 Å². The zero-order valence-electron chi connectivity index (χ0n) is 17.2. The van der Waals surface area contributed by atoms with Crippen molar-refractivity contribution in [1.82, 2.24) is 0 Å². The maximum absolute atomic E-state index is 13.3. The van der Waals surface area contributed by atoms with Crippen LogP contribution in [0.4, 0.5) is 22.7 Å². The highest BCUT2D eigenvalue weighted by atomic mass is 32.2. The predicted octanol–water partition coefficient (Wildman–Crippen LogP) is 3.65. The van der Waals surface area contributed by atoms with Crippen LogP contribution in [-0.4, -0.2) is 30.7 Å². The van der Waals surface area contributed by atoms with E-state index in [1.54, 1.807) is 6.07 Å². The van der Waals surface area contributed by atoms with Crippen LogP contribution in [0.15, 0.2) is 77.7 Å². The fourth-order valence-electron chi connectivity index (χ4n) is 3.07. The van der Waals surface area contributed by atoms with Crippen LogP contribution in [0.25, 0.3) is 0 Å². The van der Waals surface area contributed by atoms with Crippen molar-refractivity contribution >= 4 is 38.7 Å². The van der Waals surface area contributed by atoms with Gasteiger partial charge >= 0.3 is 0 Å². The second-order valence-electron chi connectivity index (χ2n) is 6.86. The van der Waals surface area contributed by atoms with E-state index in [1.165, 1.54) is 67.6 Å². The molecule has 3 rings (SSSR count). The van der Waals surface area contributed by atoms with Crippen LogP contribution in [0.5, 0.6) is 0 Å². The van der Waals surface area contributed by atoms with Crippen molar-refractivity contribution in [3.63, 3.8) is 0 Å². The van der Waals surface area contributed by atoms with Gasteiger partial charge in [-0.3, -0.25) is 29.3 Å². The minimum Gasteiger partial charge on any atom is -0.324 e. The van der Waals surface area contributed by atoms with Gasteiger partial charge in [-0.25, -0.2) is 8.42 Å². The third kappa shape index (κ3) is 5.13. The average molecular weight is 470 g/mol. The molecule has 0 atom stereocenters. The lowest BCUT2D eigenvalue weighted by molar-refractivity contribution is -0.385. The third-order valence-electron chi connectivity index (χ3n) is 4.72.